The van der Waals surface area contributed by atoms with Gasteiger partial charge in [0.05, 0.1) is 23.7 Å². The number of nitrogens with zero attached hydrogens (tertiary/aromatic N) is 3. The van der Waals surface area contributed by atoms with Crippen LogP contribution in [0.2, 0.25) is 10.0 Å². The first-order chi connectivity index (χ1) is 18.7. The Morgan fingerprint density at radius 3 is 2.59 bits per heavy atom. The fraction of sp³-hybridized carbons (Fsp3) is 0.233. The molecule has 0 saturated carbocycles. The lowest BCUT2D eigenvalue weighted by molar-refractivity contribution is 0.267. The normalized spacial score (nSPS) is 11.5. The molecule has 0 aliphatic rings. The number of aromatic nitrogens is 2. The molecule has 6 nitrogen and oxygen atoms in total. The van der Waals surface area contributed by atoms with Crippen LogP contribution in [-0.2, 0) is 13.0 Å². The summed E-state index contributed by atoms with van der Waals surface area (Å²) >= 11 is 15.8. The number of hydrogen-bond acceptors (Lipinski definition) is 5. The van der Waals surface area contributed by atoms with Gasteiger partial charge in [-0.1, -0.05) is 65.1 Å². The molecule has 4 rings (SSSR count). The van der Waals surface area contributed by atoms with Gasteiger partial charge in [-0.15, -0.1) is 6.58 Å². The van der Waals surface area contributed by atoms with Crippen LogP contribution in [0.5, 0.6) is 11.5 Å². The number of benzene rings is 3. The van der Waals surface area contributed by atoms with Gasteiger partial charge in [-0.2, -0.15) is 9.78 Å². The molecule has 0 unspecified atom stereocenters. The molecular formula is C30H28BrCl2N3O3. The van der Waals surface area contributed by atoms with E-state index in [0.29, 0.717) is 51.3 Å². The second-order valence-electron chi connectivity index (χ2n) is 9.11. The van der Waals surface area contributed by atoms with Gasteiger partial charge in [0.1, 0.15) is 12.4 Å². The standard InChI is InChI=1S/C30H28BrCl2N3O3/c1-5-7-20-12-19(13-27(38-6-2)28(20)39-17-21-8-10-23(32)15-25(21)33)16-34-36-29(18(3)4)35-26-11-9-22(31)14-24(26)30(36)37/h5,8-16,18H,1,6-7,17H2,2-4H3. The Morgan fingerprint density at radius 1 is 1.10 bits per heavy atom. The van der Waals surface area contributed by atoms with Crippen molar-refractivity contribution in [2.45, 2.75) is 39.7 Å². The summed E-state index contributed by atoms with van der Waals surface area (Å²) in [6.07, 6.45) is 3.96. The summed E-state index contributed by atoms with van der Waals surface area (Å²) in [5, 5.41) is 6.14. The highest BCUT2D eigenvalue weighted by atomic mass is 79.9. The third-order valence-corrected chi connectivity index (χ3v) is 6.96. The molecule has 39 heavy (non-hydrogen) atoms. The minimum Gasteiger partial charge on any atom is -0.490 e. The fourth-order valence-electron chi connectivity index (χ4n) is 4.06. The van der Waals surface area contributed by atoms with Crippen molar-refractivity contribution in [3.8, 4) is 11.5 Å². The number of ether oxygens (including phenoxy) is 2. The molecule has 1 aromatic heterocycles. The van der Waals surface area contributed by atoms with Crippen molar-refractivity contribution in [2.75, 3.05) is 6.61 Å². The molecule has 0 saturated heterocycles. The van der Waals surface area contributed by atoms with Crippen LogP contribution in [0.3, 0.4) is 0 Å². The lowest BCUT2D eigenvalue weighted by Crippen LogP contribution is -2.23. The quantitative estimate of drug-likeness (QED) is 0.131. The summed E-state index contributed by atoms with van der Waals surface area (Å²) in [6, 6.07) is 14.5. The van der Waals surface area contributed by atoms with Gasteiger partial charge in [0.2, 0.25) is 0 Å². The second kappa shape index (κ2) is 12.8. The SMILES string of the molecule is C=CCc1cc(C=Nn2c(C(C)C)nc3ccc(Br)cc3c2=O)cc(OCC)c1OCc1ccc(Cl)cc1Cl. The van der Waals surface area contributed by atoms with Crippen LogP contribution in [0.4, 0.5) is 0 Å². The Labute approximate surface area is 246 Å². The van der Waals surface area contributed by atoms with E-state index in [0.717, 1.165) is 21.2 Å². The van der Waals surface area contributed by atoms with Crippen LogP contribution >= 0.6 is 39.1 Å². The molecule has 1 heterocycles. The van der Waals surface area contributed by atoms with Gasteiger partial charge in [-0.25, -0.2) is 4.98 Å². The molecule has 202 valence electrons. The number of fused-ring (bicyclic) bond motifs is 1. The van der Waals surface area contributed by atoms with Crippen molar-refractivity contribution in [1.82, 2.24) is 9.66 Å². The highest BCUT2D eigenvalue weighted by molar-refractivity contribution is 9.10. The Kier molecular flexibility index (Phi) is 9.49. The third kappa shape index (κ3) is 6.72. The van der Waals surface area contributed by atoms with Gasteiger partial charge < -0.3 is 9.47 Å². The number of rotatable bonds is 10. The molecule has 0 radical (unpaired) electrons. The zero-order chi connectivity index (χ0) is 28.1. The first-order valence-electron chi connectivity index (χ1n) is 12.5. The van der Waals surface area contributed by atoms with E-state index in [9.17, 15) is 4.79 Å². The summed E-state index contributed by atoms with van der Waals surface area (Å²) in [5.41, 5.74) is 2.79. The monoisotopic (exact) mass is 627 g/mol. The van der Waals surface area contributed by atoms with E-state index in [-0.39, 0.29) is 18.1 Å². The van der Waals surface area contributed by atoms with Gasteiger partial charge >= 0.3 is 0 Å². The first kappa shape index (κ1) is 28.9. The van der Waals surface area contributed by atoms with Gasteiger partial charge in [0, 0.05) is 31.6 Å². The number of hydrogen-bond donors (Lipinski definition) is 0. The third-order valence-electron chi connectivity index (χ3n) is 5.88. The van der Waals surface area contributed by atoms with Crippen LogP contribution in [0.15, 0.2) is 75.6 Å². The first-order valence-corrected chi connectivity index (χ1v) is 14.0. The largest absolute Gasteiger partial charge is 0.490 e. The molecule has 0 amide bonds. The average Bonchev–Trinajstić information content (AvgIpc) is 2.89. The van der Waals surface area contributed by atoms with Crippen molar-refractivity contribution in [1.29, 1.82) is 0 Å². The maximum atomic E-state index is 13.4. The highest BCUT2D eigenvalue weighted by Crippen LogP contribution is 2.35. The minimum atomic E-state index is -0.239. The molecule has 4 aromatic rings. The van der Waals surface area contributed by atoms with Crippen LogP contribution < -0.4 is 15.0 Å². The number of allylic oxidation sites excluding steroid dienone is 1. The Hall–Kier alpha value is -3.13. The lowest BCUT2D eigenvalue weighted by atomic mass is 10.1. The molecule has 0 aliphatic heterocycles. The van der Waals surface area contributed by atoms with Gasteiger partial charge in [-0.05, 0) is 61.4 Å². The summed E-state index contributed by atoms with van der Waals surface area (Å²) in [7, 11) is 0. The Bertz CT molecular complexity index is 1620. The molecule has 0 spiro atoms. The van der Waals surface area contributed by atoms with E-state index in [1.807, 2.05) is 51.1 Å². The summed E-state index contributed by atoms with van der Waals surface area (Å²) in [6.45, 7) is 10.4. The van der Waals surface area contributed by atoms with E-state index in [1.165, 1.54) is 4.68 Å². The van der Waals surface area contributed by atoms with Crippen LogP contribution in [0.25, 0.3) is 10.9 Å². The predicted octanol–water partition coefficient (Wildman–Crippen LogP) is 8.18. The minimum absolute atomic E-state index is 0.0197. The maximum absolute atomic E-state index is 13.4. The number of halogens is 3. The second-order valence-corrected chi connectivity index (χ2v) is 10.9. The summed E-state index contributed by atoms with van der Waals surface area (Å²) < 4.78 is 14.3. The molecule has 0 aliphatic carbocycles. The zero-order valence-electron chi connectivity index (χ0n) is 21.9. The van der Waals surface area contributed by atoms with Crippen molar-refractivity contribution in [2.24, 2.45) is 5.10 Å². The maximum Gasteiger partial charge on any atom is 0.282 e. The van der Waals surface area contributed by atoms with Crippen molar-refractivity contribution >= 4 is 56.2 Å². The molecule has 0 N–H and O–H groups in total. The Balaban J connectivity index is 1.76. The van der Waals surface area contributed by atoms with Crippen LogP contribution in [0, 0.1) is 0 Å². The van der Waals surface area contributed by atoms with Crippen molar-refractivity contribution in [3.63, 3.8) is 0 Å². The van der Waals surface area contributed by atoms with Gasteiger partial charge in [0.25, 0.3) is 5.56 Å². The van der Waals surface area contributed by atoms with Crippen LogP contribution in [-0.4, -0.2) is 22.5 Å². The van der Waals surface area contributed by atoms with Crippen molar-refractivity contribution < 1.29 is 9.47 Å². The summed E-state index contributed by atoms with van der Waals surface area (Å²) in [5.74, 6) is 1.70. The molecule has 0 fully saturated rings. The molecule has 0 bridgehead atoms. The topological polar surface area (TPSA) is 65.7 Å². The molecule has 9 heteroatoms. The van der Waals surface area contributed by atoms with E-state index in [2.05, 4.69) is 27.6 Å². The van der Waals surface area contributed by atoms with E-state index in [1.54, 1.807) is 30.5 Å². The summed E-state index contributed by atoms with van der Waals surface area (Å²) in [4.78, 5) is 18.1. The molecule has 0 atom stereocenters. The average molecular weight is 629 g/mol. The zero-order valence-corrected chi connectivity index (χ0v) is 25.0. The van der Waals surface area contributed by atoms with Gasteiger partial charge in [0.15, 0.2) is 11.5 Å². The van der Waals surface area contributed by atoms with Crippen molar-refractivity contribution in [3.05, 3.63) is 109 Å². The molecule has 3 aromatic carbocycles. The van der Waals surface area contributed by atoms with E-state index < -0.39 is 0 Å². The van der Waals surface area contributed by atoms with E-state index >= 15 is 0 Å². The predicted molar refractivity (Wildman–Crippen MR) is 163 cm³/mol. The van der Waals surface area contributed by atoms with Crippen LogP contribution in [0.1, 0.15) is 49.2 Å². The van der Waals surface area contributed by atoms with E-state index in [4.69, 9.17) is 37.7 Å². The molecular weight excluding hydrogens is 601 g/mol. The fourth-order valence-corrected chi connectivity index (χ4v) is 4.88. The smallest absolute Gasteiger partial charge is 0.282 e. The van der Waals surface area contributed by atoms with Gasteiger partial charge in [-0.3, -0.25) is 4.79 Å². The lowest BCUT2D eigenvalue weighted by Gasteiger charge is -2.17. The Morgan fingerprint density at radius 2 is 1.90 bits per heavy atom. The highest BCUT2D eigenvalue weighted by Gasteiger charge is 2.16.